The Balaban J connectivity index is 0.000000247. The first-order chi connectivity index (χ1) is 19.7. The minimum Gasteiger partial charge on any atom is -0.508 e. The Kier molecular flexibility index (Phi) is 12.2. The third-order valence-electron chi connectivity index (χ3n) is 8.59. The van der Waals surface area contributed by atoms with Crippen molar-refractivity contribution in [3.05, 3.63) is 108 Å². The molecular weight excluding hydrogens is 510 g/mol. The number of aromatic hydroxyl groups is 1. The number of phenols is 1. The number of hydrogen-bond donors (Lipinski definition) is 2. The van der Waals surface area contributed by atoms with Gasteiger partial charge in [-0.1, -0.05) is 143 Å². The predicted molar refractivity (Wildman–Crippen MR) is 190 cm³/mol. The number of aromatic nitrogens is 1. The molecule has 2 N–H and O–H groups in total. The number of rotatable bonds is 7. The van der Waals surface area contributed by atoms with E-state index in [-0.39, 0.29) is 0 Å². The van der Waals surface area contributed by atoms with Crippen LogP contribution in [0.3, 0.4) is 0 Å². The van der Waals surface area contributed by atoms with Crippen molar-refractivity contribution < 1.29 is 5.11 Å². The summed E-state index contributed by atoms with van der Waals surface area (Å²) in [6.45, 7) is 31.7. The summed E-state index contributed by atoms with van der Waals surface area (Å²) in [5.74, 6) is 0.859. The van der Waals surface area contributed by atoms with Crippen LogP contribution < -0.4 is 0 Å². The molecule has 224 valence electrons. The van der Waals surface area contributed by atoms with Crippen molar-refractivity contribution in [1.82, 2.24) is 4.98 Å². The second-order valence-corrected chi connectivity index (χ2v) is 12.9. The highest BCUT2D eigenvalue weighted by molar-refractivity contribution is 5.99. The predicted octanol–water partition coefficient (Wildman–Crippen LogP) is 12.5. The molecule has 0 spiro atoms. The lowest BCUT2D eigenvalue weighted by Gasteiger charge is -2.31. The van der Waals surface area contributed by atoms with Crippen LogP contribution in [0.2, 0.25) is 0 Å². The molecule has 0 aliphatic heterocycles. The fourth-order valence-corrected chi connectivity index (χ4v) is 4.50. The van der Waals surface area contributed by atoms with E-state index in [0.717, 1.165) is 22.2 Å². The number of allylic oxidation sites excluding steroid dienone is 2. The Morgan fingerprint density at radius 2 is 1.45 bits per heavy atom. The molecule has 0 bridgehead atoms. The lowest BCUT2D eigenvalue weighted by Crippen LogP contribution is -2.18. The molecule has 2 heteroatoms. The number of phenolic OH excluding ortho intramolecular Hbond substituents is 1. The molecule has 1 aromatic heterocycles. The molecule has 0 amide bonds. The second kappa shape index (κ2) is 14.9. The monoisotopic (exact) mass is 563 g/mol. The van der Waals surface area contributed by atoms with Crippen LogP contribution in [0.1, 0.15) is 102 Å². The standard InChI is InChI=1S/C17H17N.C17H22O.C6H14/c1-5-8-9-14-12(4)10-11-16-17(14)13(6-2)15(7-3)18-16;1-5-17(3,4)12(2)13-6-7-15-11-16(18)9-8-14(15)10-13;1-5-6(2,3)4/h5-11,18H,1-3H2,4H3;6-12,18H,5H2,1-4H3;5H2,1-4H3/b9-8-;;. The van der Waals surface area contributed by atoms with Crippen LogP contribution in [-0.2, 0) is 0 Å². The van der Waals surface area contributed by atoms with Crippen molar-refractivity contribution in [1.29, 1.82) is 0 Å². The molecule has 1 heterocycles. The van der Waals surface area contributed by atoms with Crippen molar-refractivity contribution >= 4 is 39.9 Å². The minimum absolute atomic E-state index is 0.310. The molecular formula is C40H53NO. The summed E-state index contributed by atoms with van der Waals surface area (Å²) in [7, 11) is 0. The van der Waals surface area contributed by atoms with Crippen molar-refractivity contribution in [2.24, 2.45) is 10.8 Å². The number of benzene rings is 3. The van der Waals surface area contributed by atoms with E-state index in [1.807, 2.05) is 30.4 Å². The van der Waals surface area contributed by atoms with Gasteiger partial charge in [-0.05, 0) is 75.4 Å². The van der Waals surface area contributed by atoms with Crippen LogP contribution in [-0.4, -0.2) is 10.1 Å². The summed E-state index contributed by atoms with van der Waals surface area (Å²) in [5.41, 5.74) is 7.88. The van der Waals surface area contributed by atoms with Crippen molar-refractivity contribution in [2.75, 3.05) is 0 Å². The Morgan fingerprint density at radius 1 is 0.833 bits per heavy atom. The Labute approximate surface area is 255 Å². The number of H-pyrrole nitrogens is 1. The third kappa shape index (κ3) is 8.86. The van der Waals surface area contributed by atoms with Gasteiger partial charge in [-0.2, -0.15) is 0 Å². The molecule has 0 radical (unpaired) electrons. The molecule has 1 atom stereocenters. The Bertz CT molecular complexity index is 1540. The van der Waals surface area contributed by atoms with E-state index < -0.39 is 0 Å². The van der Waals surface area contributed by atoms with Gasteiger partial charge in [0.1, 0.15) is 5.75 Å². The quantitative estimate of drug-likeness (QED) is 0.216. The van der Waals surface area contributed by atoms with Gasteiger partial charge in [0.15, 0.2) is 0 Å². The van der Waals surface area contributed by atoms with Gasteiger partial charge in [0.2, 0.25) is 0 Å². The maximum atomic E-state index is 9.48. The summed E-state index contributed by atoms with van der Waals surface area (Å²) < 4.78 is 0. The molecule has 0 aliphatic rings. The maximum absolute atomic E-state index is 9.48. The topological polar surface area (TPSA) is 36.0 Å². The largest absolute Gasteiger partial charge is 0.508 e. The summed E-state index contributed by atoms with van der Waals surface area (Å²) >= 11 is 0. The van der Waals surface area contributed by atoms with Crippen LogP contribution in [0.15, 0.2) is 80.4 Å². The SMILES string of the molecule is C=C/C=C\c1c(C)ccc2[nH]c(C=C)c(C=C)c12.CCC(C)(C)C.CCC(C)(C)C(C)c1ccc2cc(O)ccc2c1. The number of aryl methyl sites for hydroxylation is 1. The highest BCUT2D eigenvalue weighted by Crippen LogP contribution is 2.39. The van der Waals surface area contributed by atoms with Crippen LogP contribution in [0.5, 0.6) is 5.75 Å². The molecule has 42 heavy (non-hydrogen) atoms. The molecule has 1 unspecified atom stereocenters. The second-order valence-electron chi connectivity index (χ2n) is 12.9. The molecule has 0 saturated carbocycles. The van der Waals surface area contributed by atoms with Crippen molar-refractivity contribution in [2.45, 2.75) is 81.1 Å². The number of fused-ring (bicyclic) bond motifs is 2. The van der Waals surface area contributed by atoms with E-state index in [4.69, 9.17) is 0 Å². The fraction of sp³-hybridized carbons (Fsp3) is 0.350. The molecule has 2 nitrogen and oxygen atoms in total. The molecule has 4 rings (SSSR count). The number of nitrogens with one attached hydrogen (secondary N) is 1. The highest BCUT2D eigenvalue weighted by Gasteiger charge is 2.25. The van der Waals surface area contributed by atoms with Gasteiger partial charge in [0.05, 0.1) is 0 Å². The van der Waals surface area contributed by atoms with E-state index >= 15 is 0 Å². The first-order valence-corrected chi connectivity index (χ1v) is 15.1. The maximum Gasteiger partial charge on any atom is 0.116 e. The van der Waals surface area contributed by atoms with Gasteiger partial charge in [-0.25, -0.2) is 0 Å². The number of hydrogen-bond acceptors (Lipinski definition) is 1. The van der Waals surface area contributed by atoms with Gasteiger partial charge in [-0.3, -0.25) is 0 Å². The normalized spacial score (nSPS) is 12.3. The van der Waals surface area contributed by atoms with Gasteiger partial charge in [-0.15, -0.1) is 0 Å². The zero-order chi connectivity index (χ0) is 31.7. The minimum atomic E-state index is 0.310. The first kappa shape index (κ1) is 34.4. The highest BCUT2D eigenvalue weighted by atomic mass is 16.3. The van der Waals surface area contributed by atoms with Crippen molar-refractivity contribution in [3.63, 3.8) is 0 Å². The van der Waals surface area contributed by atoms with Gasteiger partial charge >= 0.3 is 0 Å². The zero-order valence-electron chi connectivity index (χ0n) is 27.6. The smallest absolute Gasteiger partial charge is 0.116 e. The van der Waals surface area contributed by atoms with E-state index in [0.29, 0.717) is 22.5 Å². The molecule has 0 fully saturated rings. The van der Waals surface area contributed by atoms with Gasteiger partial charge < -0.3 is 10.1 Å². The van der Waals surface area contributed by atoms with Crippen LogP contribution in [0.25, 0.3) is 39.9 Å². The van der Waals surface area contributed by atoms with Crippen LogP contribution in [0.4, 0.5) is 0 Å². The van der Waals surface area contributed by atoms with Crippen molar-refractivity contribution in [3.8, 4) is 5.75 Å². The van der Waals surface area contributed by atoms with E-state index in [9.17, 15) is 5.11 Å². The molecule has 3 aromatic carbocycles. The molecule has 0 aliphatic carbocycles. The average molecular weight is 564 g/mol. The summed E-state index contributed by atoms with van der Waals surface area (Å²) in [4.78, 5) is 3.36. The first-order valence-electron chi connectivity index (χ1n) is 15.1. The summed E-state index contributed by atoms with van der Waals surface area (Å²) in [6, 6.07) is 16.3. The molecule has 0 saturated heterocycles. The molecule has 4 aromatic rings. The van der Waals surface area contributed by atoms with Gasteiger partial charge in [0, 0.05) is 22.2 Å². The fourth-order valence-electron chi connectivity index (χ4n) is 4.50. The number of aromatic amines is 1. The zero-order valence-corrected chi connectivity index (χ0v) is 27.6. The van der Waals surface area contributed by atoms with E-state index in [1.54, 1.807) is 12.1 Å². The van der Waals surface area contributed by atoms with Gasteiger partial charge in [0.25, 0.3) is 0 Å². The Hall–Kier alpha value is -3.78. The van der Waals surface area contributed by atoms with E-state index in [2.05, 4.69) is 123 Å². The average Bonchev–Trinajstić information content (AvgIpc) is 3.34. The van der Waals surface area contributed by atoms with E-state index in [1.165, 1.54) is 40.3 Å². The summed E-state index contributed by atoms with van der Waals surface area (Å²) in [5, 5.41) is 13.0. The Morgan fingerprint density at radius 3 is 2.00 bits per heavy atom. The third-order valence-corrected chi connectivity index (χ3v) is 8.59. The van der Waals surface area contributed by atoms with Crippen LogP contribution in [0, 0.1) is 17.8 Å². The lowest BCUT2D eigenvalue weighted by atomic mass is 9.74. The lowest BCUT2D eigenvalue weighted by molar-refractivity contribution is 0.289. The summed E-state index contributed by atoms with van der Waals surface area (Å²) in [6.07, 6.45) is 12.0. The van der Waals surface area contributed by atoms with Crippen LogP contribution >= 0.6 is 0 Å².